The molecule has 0 bridgehead atoms. The molecule has 3 fully saturated rings. The Kier molecular flexibility index (Phi) is 5.43. The number of carbonyl (C=O) groups is 1. The van der Waals surface area contributed by atoms with Gasteiger partial charge in [-0.05, 0) is 104 Å². The molecule has 1 unspecified atom stereocenters. The molecular weight excluding hydrogens is 340 g/mol. The first-order valence-electron chi connectivity index (χ1n) is 12.2. The molecule has 0 radical (unpaired) electrons. The second-order valence-corrected chi connectivity index (χ2v) is 11.6. The molecule has 0 spiro atoms. The molecule has 28 heavy (non-hydrogen) atoms. The number of ketones is 1. The number of carbonyl (C=O) groups excluding carboxylic acids is 1. The van der Waals surface area contributed by atoms with E-state index in [1.54, 1.807) is 0 Å². The maximum absolute atomic E-state index is 12.0. The molecule has 0 saturated heterocycles. The van der Waals surface area contributed by atoms with E-state index in [0.717, 1.165) is 42.4 Å². The van der Waals surface area contributed by atoms with Gasteiger partial charge in [0.1, 0.15) is 0 Å². The number of rotatable bonds is 4. The third-order valence-electron chi connectivity index (χ3n) is 9.72. The van der Waals surface area contributed by atoms with Crippen molar-refractivity contribution in [1.29, 1.82) is 0 Å². The highest BCUT2D eigenvalue weighted by Gasteiger charge is 2.59. The molecule has 0 heterocycles. The van der Waals surface area contributed by atoms with Crippen LogP contribution in [0.4, 0.5) is 0 Å². The number of hydrogen-bond acceptors (Lipinski definition) is 1. The summed E-state index contributed by atoms with van der Waals surface area (Å²) in [4.78, 5) is 12.0. The van der Waals surface area contributed by atoms with E-state index in [0.29, 0.717) is 22.5 Å². The highest BCUT2D eigenvalue weighted by Crippen LogP contribution is 2.67. The summed E-state index contributed by atoms with van der Waals surface area (Å²) >= 11 is 0. The normalized spacial score (nSPS) is 44.2. The van der Waals surface area contributed by atoms with Crippen molar-refractivity contribution in [3.8, 4) is 0 Å². The van der Waals surface area contributed by atoms with Crippen LogP contribution in [0.1, 0.15) is 92.4 Å². The number of allylic oxidation sites excluding steroid dienone is 3. The summed E-state index contributed by atoms with van der Waals surface area (Å²) in [5.74, 6) is 5.35. The third-order valence-corrected chi connectivity index (χ3v) is 9.72. The van der Waals surface area contributed by atoms with E-state index in [4.69, 9.17) is 0 Å². The van der Waals surface area contributed by atoms with Crippen LogP contribution in [0.3, 0.4) is 0 Å². The van der Waals surface area contributed by atoms with Crippen LogP contribution in [0, 0.1) is 46.3 Å². The minimum atomic E-state index is 0.318. The van der Waals surface area contributed by atoms with Crippen LogP contribution in [0.25, 0.3) is 0 Å². The van der Waals surface area contributed by atoms with Gasteiger partial charge < -0.3 is 0 Å². The summed E-state index contributed by atoms with van der Waals surface area (Å²) in [7, 11) is 0. The van der Waals surface area contributed by atoms with Crippen molar-refractivity contribution in [3.05, 3.63) is 23.8 Å². The zero-order chi connectivity index (χ0) is 20.1. The van der Waals surface area contributed by atoms with Crippen molar-refractivity contribution < 1.29 is 4.79 Å². The van der Waals surface area contributed by atoms with Crippen molar-refractivity contribution in [3.63, 3.8) is 0 Å². The van der Waals surface area contributed by atoms with E-state index in [-0.39, 0.29) is 0 Å². The quantitative estimate of drug-likeness (QED) is 0.464. The topological polar surface area (TPSA) is 17.1 Å². The molecule has 0 aromatic heterocycles. The minimum absolute atomic E-state index is 0.318. The lowest BCUT2D eigenvalue weighted by atomic mass is 9.46. The van der Waals surface area contributed by atoms with Crippen LogP contribution in [0.15, 0.2) is 23.8 Å². The van der Waals surface area contributed by atoms with Gasteiger partial charge in [0.2, 0.25) is 0 Å². The summed E-state index contributed by atoms with van der Waals surface area (Å²) in [5, 5.41) is 0. The Balaban J connectivity index is 1.53. The average Bonchev–Trinajstić information content (AvgIpc) is 2.99. The molecule has 3 saturated carbocycles. The smallest absolute Gasteiger partial charge is 0.155 e. The largest absolute Gasteiger partial charge is 0.295 e. The van der Waals surface area contributed by atoms with Gasteiger partial charge in [0.05, 0.1) is 0 Å². The summed E-state index contributed by atoms with van der Waals surface area (Å²) in [6, 6.07) is 0. The molecule has 0 N–H and O–H groups in total. The van der Waals surface area contributed by atoms with Crippen LogP contribution in [0.2, 0.25) is 0 Å². The van der Waals surface area contributed by atoms with E-state index in [2.05, 4.69) is 46.8 Å². The molecule has 0 amide bonds. The molecule has 4 rings (SSSR count). The molecule has 1 nitrogen and oxygen atoms in total. The second kappa shape index (κ2) is 7.44. The van der Waals surface area contributed by atoms with Crippen LogP contribution >= 0.6 is 0 Å². The van der Waals surface area contributed by atoms with E-state index in [9.17, 15) is 4.79 Å². The molecule has 0 aromatic rings. The fourth-order valence-electron chi connectivity index (χ4n) is 8.16. The molecule has 7 atom stereocenters. The van der Waals surface area contributed by atoms with Gasteiger partial charge in [-0.25, -0.2) is 0 Å². The predicted octanol–water partition coefficient (Wildman–Crippen LogP) is 7.37. The van der Waals surface area contributed by atoms with Crippen molar-refractivity contribution in [2.45, 2.75) is 92.4 Å². The SMILES string of the molecule is CC(C)C/C=C/[C@@H](C)[C@H]1CC[C@H]2[C@@H]3CCC4=CC(=O)CC[C@]4(C)C3CC[C@]12C. The predicted molar refractivity (Wildman–Crippen MR) is 118 cm³/mol. The van der Waals surface area contributed by atoms with E-state index in [1.807, 2.05) is 6.08 Å². The van der Waals surface area contributed by atoms with E-state index >= 15 is 0 Å². The van der Waals surface area contributed by atoms with Gasteiger partial charge in [-0.1, -0.05) is 52.3 Å². The van der Waals surface area contributed by atoms with Gasteiger partial charge in [0.15, 0.2) is 5.78 Å². The van der Waals surface area contributed by atoms with Gasteiger partial charge >= 0.3 is 0 Å². The van der Waals surface area contributed by atoms with E-state index in [1.165, 1.54) is 50.5 Å². The maximum atomic E-state index is 12.0. The van der Waals surface area contributed by atoms with Gasteiger partial charge in [0, 0.05) is 6.42 Å². The van der Waals surface area contributed by atoms with Crippen molar-refractivity contribution in [2.24, 2.45) is 46.3 Å². The molecule has 4 aliphatic carbocycles. The molecule has 0 aromatic carbocycles. The molecule has 4 aliphatic rings. The van der Waals surface area contributed by atoms with Gasteiger partial charge in [0.25, 0.3) is 0 Å². The Labute approximate surface area is 173 Å². The van der Waals surface area contributed by atoms with Crippen LogP contribution in [0.5, 0.6) is 0 Å². The van der Waals surface area contributed by atoms with Crippen LogP contribution < -0.4 is 0 Å². The lowest BCUT2D eigenvalue weighted by Crippen LogP contribution is -2.50. The first kappa shape index (κ1) is 20.4. The fraction of sp³-hybridized carbons (Fsp3) is 0.815. The number of hydrogen-bond donors (Lipinski definition) is 0. The highest BCUT2D eigenvalue weighted by atomic mass is 16.1. The molecule has 1 heteroatoms. The zero-order valence-corrected chi connectivity index (χ0v) is 19.0. The first-order valence-corrected chi connectivity index (χ1v) is 12.2. The molecular formula is C27H42O. The second-order valence-electron chi connectivity index (χ2n) is 11.6. The first-order chi connectivity index (χ1) is 13.3. The lowest BCUT2D eigenvalue weighted by molar-refractivity contribution is -0.117. The fourth-order valence-corrected chi connectivity index (χ4v) is 8.16. The summed E-state index contributed by atoms with van der Waals surface area (Å²) in [5.41, 5.74) is 2.36. The monoisotopic (exact) mass is 382 g/mol. The molecule has 0 aliphatic heterocycles. The molecule has 156 valence electrons. The average molecular weight is 383 g/mol. The van der Waals surface area contributed by atoms with Crippen molar-refractivity contribution in [2.75, 3.05) is 0 Å². The Hall–Kier alpha value is -0.850. The van der Waals surface area contributed by atoms with Gasteiger partial charge in [-0.2, -0.15) is 0 Å². The Morgan fingerprint density at radius 2 is 1.82 bits per heavy atom. The van der Waals surface area contributed by atoms with Crippen molar-refractivity contribution >= 4 is 5.78 Å². The van der Waals surface area contributed by atoms with Crippen LogP contribution in [-0.2, 0) is 4.79 Å². The standard InChI is InChI=1S/C27H42O/c1-18(2)7-6-8-19(3)23-11-12-24-22-10-9-20-17-21(28)13-15-26(20,4)25(22)14-16-27(23,24)5/h6,8,17-19,22-25H,7,9-16H2,1-5H3/b8-6+/t19-,22+,23-,24+,25?,26+,27-/m1/s1. The Bertz CT molecular complexity index is 670. The minimum Gasteiger partial charge on any atom is -0.295 e. The lowest BCUT2D eigenvalue weighted by Gasteiger charge is -2.58. The summed E-state index contributed by atoms with van der Waals surface area (Å²) in [6.07, 6.45) is 18.3. The highest BCUT2D eigenvalue weighted by molar-refractivity contribution is 5.91. The van der Waals surface area contributed by atoms with E-state index < -0.39 is 0 Å². The third kappa shape index (κ3) is 3.25. The van der Waals surface area contributed by atoms with Gasteiger partial charge in [-0.3, -0.25) is 4.79 Å². The number of fused-ring (bicyclic) bond motifs is 5. The Morgan fingerprint density at radius 1 is 1.04 bits per heavy atom. The van der Waals surface area contributed by atoms with Gasteiger partial charge in [-0.15, -0.1) is 0 Å². The Morgan fingerprint density at radius 3 is 2.57 bits per heavy atom. The zero-order valence-electron chi connectivity index (χ0n) is 19.0. The summed E-state index contributed by atoms with van der Waals surface area (Å²) in [6.45, 7) is 12.3. The van der Waals surface area contributed by atoms with Crippen LogP contribution in [-0.4, -0.2) is 5.78 Å². The summed E-state index contributed by atoms with van der Waals surface area (Å²) < 4.78 is 0. The van der Waals surface area contributed by atoms with Crippen molar-refractivity contribution in [1.82, 2.24) is 0 Å². The maximum Gasteiger partial charge on any atom is 0.155 e.